The molecular formula is C13H11N3O3S. The monoisotopic (exact) mass is 289 g/mol. The number of para-hydroxylation sites is 1. The second kappa shape index (κ2) is 6.58. The maximum Gasteiger partial charge on any atom is 0.278 e. The third kappa shape index (κ3) is 3.72. The van der Waals surface area contributed by atoms with E-state index in [1.807, 2.05) is 17.5 Å². The van der Waals surface area contributed by atoms with Gasteiger partial charge in [0.25, 0.3) is 5.69 Å². The third-order valence-electron chi connectivity index (χ3n) is 2.44. The summed E-state index contributed by atoms with van der Waals surface area (Å²) >= 11 is 1.49. The van der Waals surface area contributed by atoms with E-state index in [2.05, 4.69) is 10.5 Å². The molecular weight excluding hydrogens is 278 g/mol. The first-order chi connectivity index (χ1) is 9.66. The molecule has 0 fully saturated rings. The van der Waals surface area contributed by atoms with Gasteiger partial charge in [0.05, 0.1) is 23.1 Å². The lowest BCUT2D eigenvalue weighted by Crippen LogP contribution is -2.19. The van der Waals surface area contributed by atoms with Crippen LogP contribution in [0.3, 0.4) is 0 Å². The number of nitro groups is 1. The fraction of sp³-hybridized carbons (Fsp3) is 0.0769. The van der Waals surface area contributed by atoms with Crippen molar-refractivity contribution >= 4 is 29.1 Å². The minimum absolute atomic E-state index is 0.0521. The van der Waals surface area contributed by atoms with Gasteiger partial charge in [0.1, 0.15) is 0 Å². The van der Waals surface area contributed by atoms with Gasteiger partial charge in [-0.05, 0) is 17.5 Å². The van der Waals surface area contributed by atoms with Gasteiger partial charge in [0.15, 0.2) is 0 Å². The number of nitrogens with zero attached hydrogens (tertiary/aromatic N) is 2. The highest BCUT2D eigenvalue weighted by atomic mass is 32.1. The Balaban J connectivity index is 1.96. The van der Waals surface area contributed by atoms with Crippen LogP contribution in [-0.4, -0.2) is 17.0 Å². The van der Waals surface area contributed by atoms with Gasteiger partial charge < -0.3 is 0 Å². The standard InChI is InChI=1S/C13H11N3O3S/c17-13(8-11-5-3-7-20-11)15-14-9-10-4-1-2-6-12(10)16(18)19/h1-7,9H,8H2,(H,15,17)/b14-9+. The van der Waals surface area contributed by atoms with Crippen LogP contribution in [0.2, 0.25) is 0 Å². The fourth-order valence-corrected chi connectivity index (χ4v) is 2.25. The Morgan fingerprint density at radius 2 is 2.15 bits per heavy atom. The number of hydrazone groups is 1. The summed E-state index contributed by atoms with van der Waals surface area (Å²) in [7, 11) is 0. The number of nitrogens with one attached hydrogen (secondary N) is 1. The van der Waals surface area contributed by atoms with Crippen molar-refractivity contribution in [2.45, 2.75) is 6.42 Å². The zero-order valence-electron chi connectivity index (χ0n) is 10.4. The molecule has 0 unspecified atom stereocenters. The van der Waals surface area contributed by atoms with Gasteiger partial charge in [-0.15, -0.1) is 11.3 Å². The third-order valence-corrected chi connectivity index (χ3v) is 3.32. The van der Waals surface area contributed by atoms with E-state index in [0.717, 1.165) is 4.88 Å². The number of carbonyl (C=O) groups is 1. The molecule has 2 aromatic rings. The van der Waals surface area contributed by atoms with Crippen molar-refractivity contribution in [1.29, 1.82) is 0 Å². The van der Waals surface area contributed by atoms with Crippen LogP contribution < -0.4 is 5.43 Å². The van der Waals surface area contributed by atoms with Gasteiger partial charge in [0, 0.05) is 10.9 Å². The summed E-state index contributed by atoms with van der Waals surface area (Å²) in [5.41, 5.74) is 2.64. The number of thiophene rings is 1. The molecule has 2 rings (SSSR count). The lowest BCUT2D eigenvalue weighted by Gasteiger charge is -1.98. The van der Waals surface area contributed by atoms with Crippen molar-refractivity contribution in [2.75, 3.05) is 0 Å². The molecule has 102 valence electrons. The van der Waals surface area contributed by atoms with Crippen LogP contribution in [0, 0.1) is 10.1 Å². The number of rotatable bonds is 5. The summed E-state index contributed by atoms with van der Waals surface area (Å²) in [4.78, 5) is 22.8. The second-order valence-corrected chi connectivity index (χ2v) is 4.90. The molecule has 1 aromatic carbocycles. The summed E-state index contributed by atoms with van der Waals surface area (Å²) in [6, 6.07) is 9.91. The van der Waals surface area contributed by atoms with Crippen LogP contribution in [0.5, 0.6) is 0 Å². The van der Waals surface area contributed by atoms with Crippen LogP contribution in [0.15, 0.2) is 46.9 Å². The Labute approximate surface area is 118 Å². The molecule has 0 atom stereocenters. The van der Waals surface area contributed by atoms with Gasteiger partial charge in [-0.1, -0.05) is 18.2 Å². The quantitative estimate of drug-likeness (QED) is 0.521. The Morgan fingerprint density at radius 3 is 2.85 bits per heavy atom. The molecule has 1 amide bonds. The summed E-state index contributed by atoms with van der Waals surface area (Å²) in [5.74, 6) is -0.262. The van der Waals surface area contributed by atoms with Gasteiger partial charge in [-0.3, -0.25) is 14.9 Å². The van der Waals surface area contributed by atoms with E-state index in [0.29, 0.717) is 5.56 Å². The van der Waals surface area contributed by atoms with Crippen molar-refractivity contribution in [3.63, 3.8) is 0 Å². The number of hydrogen-bond acceptors (Lipinski definition) is 5. The lowest BCUT2D eigenvalue weighted by molar-refractivity contribution is -0.385. The molecule has 0 saturated heterocycles. The zero-order valence-corrected chi connectivity index (χ0v) is 11.2. The average Bonchev–Trinajstić information content (AvgIpc) is 2.92. The molecule has 7 heteroatoms. The topological polar surface area (TPSA) is 84.6 Å². The molecule has 0 spiro atoms. The maximum atomic E-state index is 11.6. The lowest BCUT2D eigenvalue weighted by atomic mass is 10.2. The van der Waals surface area contributed by atoms with E-state index < -0.39 is 4.92 Å². The molecule has 0 saturated carbocycles. The fourth-order valence-electron chi connectivity index (χ4n) is 1.55. The minimum Gasteiger partial charge on any atom is -0.273 e. The second-order valence-electron chi connectivity index (χ2n) is 3.87. The SMILES string of the molecule is O=C(Cc1cccs1)N/N=C/c1ccccc1[N+](=O)[O-]. The van der Waals surface area contributed by atoms with E-state index in [9.17, 15) is 14.9 Å². The number of amides is 1. The van der Waals surface area contributed by atoms with E-state index >= 15 is 0 Å². The van der Waals surface area contributed by atoms with Gasteiger partial charge in [-0.2, -0.15) is 5.10 Å². The van der Waals surface area contributed by atoms with Crippen LogP contribution in [-0.2, 0) is 11.2 Å². The highest BCUT2D eigenvalue weighted by molar-refractivity contribution is 7.10. The summed E-state index contributed by atoms with van der Waals surface area (Å²) in [6.45, 7) is 0. The molecule has 0 aliphatic carbocycles. The Kier molecular flexibility index (Phi) is 4.56. The van der Waals surface area contributed by atoms with Crippen molar-refractivity contribution in [3.8, 4) is 0 Å². The predicted octanol–water partition coefficient (Wildman–Crippen LogP) is 2.35. The van der Waals surface area contributed by atoms with Crippen LogP contribution in [0.25, 0.3) is 0 Å². The summed E-state index contributed by atoms with van der Waals surface area (Å²) in [6.07, 6.45) is 1.51. The van der Waals surface area contributed by atoms with Crippen molar-refractivity contribution < 1.29 is 9.72 Å². The molecule has 0 aliphatic rings. The van der Waals surface area contributed by atoms with E-state index in [1.165, 1.54) is 23.6 Å². The molecule has 1 aromatic heterocycles. The van der Waals surface area contributed by atoms with Gasteiger partial charge in [0.2, 0.25) is 5.91 Å². The van der Waals surface area contributed by atoms with Crippen LogP contribution >= 0.6 is 11.3 Å². The molecule has 20 heavy (non-hydrogen) atoms. The molecule has 1 N–H and O–H groups in total. The number of carbonyl (C=O) groups excluding carboxylic acids is 1. The molecule has 0 radical (unpaired) electrons. The number of nitro benzene ring substituents is 1. The molecule has 0 bridgehead atoms. The predicted molar refractivity (Wildman–Crippen MR) is 76.9 cm³/mol. The van der Waals surface area contributed by atoms with E-state index in [1.54, 1.807) is 18.2 Å². The number of benzene rings is 1. The molecule has 0 aliphatic heterocycles. The van der Waals surface area contributed by atoms with E-state index in [4.69, 9.17) is 0 Å². The highest BCUT2D eigenvalue weighted by Gasteiger charge is 2.10. The zero-order chi connectivity index (χ0) is 14.4. The summed E-state index contributed by atoms with van der Waals surface area (Å²) in [5, 5.41) is 16.4. The minimum atomic E-state index is -0.491. The Hall–Kier alpha value is -2.54. The first-order valence-corrected chi connectivity index (χ1v) is 6.62. The summed E-state index contributed by atoms with van der Waals surface area (Å²) < 4.78 is 0. The Morgan fingerprint density at radius 1 is 1.35 bits per heavy atom. The van der Waals surface area contributed by atoms with Crippen molar-refractivity contribution in [1.82, 2.24) is 5.43 Å². The van der Waals surface area contributed by atoms with Gasteiger partial charge in [-0.25, -0.2) is 5.43 Å². The maximum absolute atomic E-state index is 11.6. The molecule has 1 heterocycles. The first-order valence-electron chi connectivity index (χ1n) is 5.74. The largest absolute Gasteiger partial charge is 0.278 e. The highest BCUT2D eigenvalue weighted by Crippen LogP contribution is 2.15. The van der Waals surface area contributed by atoms with Crippen molar-refractivity contribution in [3.05, 3.63) is 62.3 Å². The van der Waals surface area contributed by atoms with Crippen LogP contribution in [0.1, 0.15) is 10.4 Å². The molecule has 6 nitrogen and oxygen atoms in total. The van der Waals surface area contributed by atoms with Crippen molar-refractivity contribution in [2.24, 2.45) is 5.10 Å². The smallest absolute Gasteiger partial charge is 0.273 e. The number of hydrogen-bond donors (Lipinski definition) is 1. The first kappa shape index (κ1) is 13.9. The van der Waals surface area contributed by atoms with Gasteiger partial charge >= 0.3 is 0 Å². The normalized spacial score (nSPS) is 10.6. The van der Waals surface area contributed by atoms with Crippen LogP contribution in [0.4, 0.5) is 5.69 Å². The average molecular weight is 289 g/mol. The van der Waals surface area contributed by atoms with E-state index in [-0.39, 0.29) is 18.0 Å². The Bertz CT molecular complexity index is 638.